The number of ether oxygens (including phenoxy) is 1. The maximum atomic E-state index is 13.1. The highest BCUT2D eigenvalue weighted by Crippen LogP contribution is 2.29. The summed E-state index contributed by atoms with van der Waals surface area (Å²) in [5, 5.41) is 4.63. The van der Waals surface area contributed by atoms with Crippen LogP contribution in [0.5, 0.6) is 0 Å². The minimum Gasteiger partial charge on any atom is -0.368 e. The Morgan fingerprint density at radius 2 is 2.24 bits per heavy atom. The van der Waals surface area contributed by atoms with E-state index < -0.39 is 43.0 Å². The van der Waals surface area contributed by atoms with E-state index in [1.165, 1.54) is 6.92 Å². The summed E-state index contributed by atoms with van der Waals surface area (Å²) in [6, 6.07) is 0.559. The molecule has 0 aliphatic carbocycles. The van der Waals surface area contributed by atoms with E-state index in [1.807, 2.05) is 0 Å². The van der Waals surface area contributed by atoms with Crippen LogP contribution in [0, 0.1) is 0 Å². The molecule has 1 aliphatic heterocycles. The van der Waals surface area contributed by atoms with E-state index in [9.17, 15) is 22.0 Å². The standard InChI is InChI=1S/C12H14F5N3O/c1-7-9(20-6-11(13,14)21-7)5-19-10-3-2-8(4-18-10)12(15,16)17/h2-4,7,9,20H,5-6H2,1H3,(H,18,19)/t7-,9+/m0/s1/i5D2. The second kappa shape index (κ2) is 5.72. The van der Waals surface area contributed by atoms with Gasteiger partial charge in [-0.25, -0.2) is 4.98 Å². The zero-order valence-corrected chi connectivity index (χ0v) is 10.8. The fraction of sp³-hybridized carbons (Fsp3) is 0.583. The fourth-order valence-corrected chi connectivity index (χ4v) is 1.73. The van der Waals surface area contributed by atoms with E-state index >= 15 is 0 Å². The first-order valence-corrected chi connectivity index (χ1v) is 6.01. The van der Waals surface area contributed by atoms with Crippen molar-refractivity contribution in [2.75, 3.05) is 18.4 Å². The first-order valence-electron chi connectivity index (χ1n) is 7.01. The molecule has 1 saturated heterocycles. The van der Waals surface area contributed by atoms with Gasteiger partial charge in [0.2, 0.25) is 0 Å². The van der Waals surface area contributed by atoms with Gasteiger partial charge in [0, 0.05) is 12.7 Å². The summed E-state index contributed by atoms with van der Waals surface area (Å²) >= 11 is 0. The van der Waals surface area contributed by atoms with Crippen LogP contribution in [0.1, 0.15) is 15.2 Å². The molecule has 0 unspecified atom stereocenters. The Morgan fingerprint density at radius 3 is 2.76 bits per heavy atom. The number of pyridine rings is 1. The van der Waals surface area contributed by atoms with Gasteiger partial charge in [0.05, 0.1) is 27.0 Å². The summed E-state index contributed by atoms with van der Waals surface area (Å²) in [6.45, 7) is -1.88. The number of anilines is 1. The predicted molar refractivity (Wildman–Crippen MR) is 65.0 cm³/mol. The molecule has 1 aliphatic rings. The lowest BCUT2D eigenvalue weighted by molar-refractivity contribution is -0.278. The second-order valence-corrected chi connectivity index (χ2v) is 4.52. The summed E-state index contributed by atoms with van der Waals surface area (Å²) in [7, 11) is 0. The van der Waals surface area contributed by atoms with E-state index in [-0.39, 0.29) is 5.82 Å². The Labute approximate surface area is 120 Å². The monoisotopic (exact) mass is 313 g/mol. The van der Waals surface area contributed by atoms with Crippen molar-refractivity contribution in [3.05, 3.63) is 23.9 Å². The van der Waals surface area contributed by atoms with E-state index in [2.05, 4.69) is 20.4 Å². The van der Waals surface area contributed by atoms with Gasteiger partial charge in [-0.15, -0.1) is 0 Å². The average molecular weight is 313 g/mol. The summed E-state index contributed by atoms with van der Waals surface area (Å²) in [4.78, 5) is 3.49. The molecule has 9 heteroatoms. The molecule has 0 bridgehead atoms. The Hall–Kier alpha value is -1.48. The fourth-order valence-electron chi connectivity index (χ4n) is 1.73. The largest absolute Gasteiger partial charge is 0.417 e. The van der Waals surface area contributed by atoms with Crippen LogP contribution in [0.15, 0.2) is 18.3 Å². The molecule has 1 aromatic heterocycles. The van der Waals surface area contributed by atoms with Crippen LogP contribution in [0.25, 0.3) is 0 Å². The van der Waals surface area contributed by atoms with Crippen molar-refractivity contribution in [3.63, 3.8) is 0 Å². The molecule has 118 valence electrons. The number of alkyl halides is 5. The average Bonchev–Trinajstić information content (AvgIpc) is 2.35. The van der Waals surface area contributed by atoms with Crippen molar-refractivity contribution < 1.29 is 29.4 Å². The van der Waals surface area contributed by atoms with Crippen LogP contribution in [0.3, 0.4) is 0 Å². The van der Waals surface area contributed by atoms with Gasteiger partial charge in [-0.2, -0.15) is 22.0 Å². The molecule has 0 spiro atoms. The third-order valence-corrected chi connectivity index (χ3v) is 2.80. The van der Waals surface area contributed by atoms with E-state index in [0.717, 1.165) is 12.1 Å². The summed E-state index contributed by atoms with van der Waals surface area (Å²) in [5.74, 6) is -0.158. The Balaban J connectivity index is 2.09. The summed E-state index contributed by atoms with van der Waals surface area (Å²) in [6.07, 6.45) is -8.57. The molecular weight excluding hydrogens is 297 g/mol. The van der Waals surface area contributed by atoms with Crippen molar-refractivity contribution in [1.82, 2.24) is 10.3 Å². The maximum Gasteiger partial charge on any atom is 0.417 e. The van der Waals surface area contributed by atoms with Crippen LogP contribution < -0.4 is 10.6 Å². The van der Waals surface area contributed by atoms with Crippen LogP contribution in [-0.4, -0.2) is 36.3 Å². The van der Waals surface area contributed by atoms with Crippen LogP contribution in [0.2, 0.25) is 0 Å². The highest BCUT2D eigenvalue weighted by molar-refractivity contribution is 5.36. The van der Waals surface area contributed by atoms with Gasteiger partial charge >= 0.3 is 12.3 Å². The van der Waals surface area contributed by atoms with Gasteiger partial charge in [0.25, 0.3) is 0 Å². The molecule has 0 amide bonds. The topological polar surface area (TPSA) is 46.2 Å². The van der Waals surface area contributed by atoms with Crippen molar-refractivity contribution >= 4 is 5.82 Å². The molecule has 2 rings (SSSR count). The lowest BCUT2D eigenvalue weighted by atomic mass is 10.1. The van der Waals surface area contributed by atoms with E-state index in [0.29, 0.717) is 6.20 Å². The normalized spacial score (nSPS) is 27.7. The molecule has 1 fully saturated rings. The second-order valence-electron chi connectivity index (χ2n) is 4.52. The number of hydrogen-bond donors (Lipinski definition) is 2. The van der Waals surface area contributed by atoms with Gasteiger partial charge in [-0.3, -0.25) is 0 Å². The molecule has 2 heterocycles. The molecule has 21 heavy (non-hydrogen) atoms. The molecule has 4 nitrogen and oxygen atoms in total. The highest BCUT2D eigenvalue weighted by atomic mass is 19.4. The molecular formula is C12H14F5N3O. The Morgan fingerprint density at radius 1 is 1.52 bits per heavy atom. The SMILES string of the molecule is [2H]C([2H])(Nc1ccc(C(F)(F)F)cn1)[C@H]1NCC(F)(F)O[C@H]1C. The molecule has 1 aromatic rings. The smallest absolute Gasteiger partial charge is 0.368 e. The van der Waals surface area contributed by atoms with Crippen LogP contribution in [-0.2, 0) is 10.9 Å². The molecule has 0 aromatic carbocycles. The number of nitrogens with one attached hydrogen (secondary N) is 2. The Kier molecular flexibility index (Phi) is 3.60. The van der Waals surface area contributed by atoms with Crippen LogP contribution >= 0.6 is 0 Å². The van der Waals surface area contributed by atoms with Crippen molar-refractivity contribution in [3.8, 4) is 0 Å². The number of aromatic nitrogens is 1. The lowest BCUT2D eigenvalue weighted by Gasteiger charge is -2.35. The number of halogens is 5. The van der Waals surface area contributed by atoms with E-state index in [4.69, 9.17) is 2.74 Å². The van der Waals surface area contributed by atoms with Crippen molar-refractivity contribution in [1.29, 1.82) is 0 Å². The number of morpholine rings is 1. The predicted octanol–water partition coefficient (Wildman–Crippen LogP) is 2.48. The first kappa shape index (κ1) is 13.2. The van der Waals surface area contributed by atoms with Gasteiger partial charge in [0.1, 0.15) is 5.82 Å². The van der Waals surface area contributed by atoms with Crippen molar-refractivity contribution in [2.45, 2.75) is 31.4 Å². The molecule has 0 radical (unpaired) electrons. The van der Waals surface area contributed by atoms with Gasteiger partial charge in [-0.05, 0) is 19.1 Å². The maximum absolute atomic E-state index is 13.1. The molecule has 2 atom stereocenters. The molecule has 2 N–H and O–H groups in total. The van der Waals surface area contributed by atoms with Gasteiger partial charge < -0.3 is 15.4 Å². The van der Waals surface area contributed by atoms with Crippen LogP contribution in [0.4, 0.5) is 27.8 Å². The zero-order valence-electron chi connectivity index (χ0n) is 12.8. The number of nitrogens with zero attached hydrogens (tertiary/aromatic N) is 1. The first-order chi connectivity index (χ1) is 10.4. The third kappa shape index (κ3) is 4.24. The minimum absolute atomic E-state index is 0.158. The number of rotatable bonds is 3. The Bertz CT molecular complexity index is 553. The van der Waals surface area contributed by atoms with E-state index in [1.54, 1.807) is 0 Å². The summed E-state index contributed by atoms with van der Waals surface area (Å²) in [5.41, 5.74) is -0.976. The zero-order chi connectivity index (χ0) is 17.5. The highest BCUT2D eigenvalue weighted by Gasteiger charge is 2.40. The number of hydrogen-bond acceptors (Lipinski definition) is 4. The third-order valence-electron chi connectivity index (χ3n) is 2.80. The van der Waals surface area contributed by atoms with Gasteiger partial charge in [-0.1, -0.05) is 0 Å². The molecule has 0 saturated carbocycles. The van der Waals surface area contributed by atoms with Crippen molar-refractivity contribution in [2.24, 2.45) is 0 Å². The van der Waals surface area contributed by atoms with Gasteiger partial charge in [0.15, 0.2) is 0 Å². The lowest BCUT2D eigenvalue weighted by Crippen LogP contribution is -2.57. The quantitative estimate of drug-likeness (QED) is 0.842. The minimum atomic E-state index is -4.55. The summed E-state index contributed by atoms with van der Waals surface area (Å²) < 4.78 is 83.7.